The van der Waals surface area contributed by atoms with E-state index in [-0.39, 0.29) is 5.82 Å². The highest BCUT2D eigenvalue weighted by Crippen LogP contribution is 2.31. The molecule has 8 heteroatoms. The number of nitrogens with zero attached hydrogens (tertiary/aromatic N) is 2. The predicted octanol–water partition coefficient (Wildman–Crippen LogP) is 6.76. The van der Waals surface area contributed by atoms with Gasteiger partial charge in [0.05, 0.1) is 11.0 Å². The molecule has 0 saturated heterocycles. The van der Waals surface area contributed by atoms with E-state index in [1.807, 2.05) is 36.4 Å². The van der Waals surface area contributed by atoms with Crippen molar-refractivity contribution in [1.82, 2.24) is 9.55 Å². The summed E-state index contributed by atoms with van der Waals surface area (Å²) in [6.07, 6.45) is -2.46. The lowest BCUT2D eigenvalue weighted by Crippen LogP contribution is -2.30. The molecule has 7 nitrogen and oxygen atoms in total. The van der Waals surface area contributed by atoms with Crippen LogP contribution in [0, 0.1) is 0 Å². The average Bonchev–Trinajstić information content (AvgIpc) is 3.08. The number of alkyl halides is 1. The van der Waals surface area contributed by atoms with Crippen molar-refractivity contribution in [2.75, 3.05) is 0 Å². The molecular formula is C25H29BrN2O5. The van der Waals surface area contributed by atoms with Crippen molar-refractivity contribution >= 4 is 39.2 Å². The number of hydrogen-bond acceptors (Lipinski definition) is 6. The van der Waals surface area contributed by atoms with E-state index in [9.17, 15) is 9.59 Å². The summed E-state index contributed by atoms with van der Waals surface area (Å²) in [6.45, 7) is 10.6. The van der Waals surface area contributed by atoms with E-state index in [1.165, 1.54) is 4.57 Å². The van der Waals surface area contributed by atoms with Gasteiger partial charge >= 0.3 is 12.2 Å². The van der Waals surface area contributed by atoms with Crippen LogP contribution < -0.4 is 0 Å². The van der Waals surface area contributed by atoms with Crippen LogP contribution in [0.2, 0.25) is 0 Å². The number of aromatic nitrogens is 2. The number of imidazole rings is 1. The largest absolute Gasteiger partial charge is 0.509 e. The Morgan fingerprint density at radius 1 is 0.970 bits per heavy atom. The van der Waals surface area contributed by atoms with Gasteiger partial charge in [0, 0.05) is 10.9 Å². The molecule has 0 aliphatic heterocycles. The van der Waals surface area contributed by atoms with E-state index in [4.69, 9.17) is 19.2 Å². The van der Waals surface area contributed by atoms with E-state index >= 15 is 0 Å². The van der Waals surface area contributed by atoms with Gasteiger partial charge in [-0.15, -0.1) is 0 Å². The Bertz CT molecular complexity index is 1140. The minimum Gasteiger partial charge on any atom is -0.443 e. The summed E-state index contributed by atoms with van der Waals surface area (Å²) in [5, 5.41) is 0.633. The summed E-state index contributed by atoms with van der Waals surface area (Å²) in [5.74, 6) is 0.225. The van der Waals surface area contributed by atoms with Crippen LogP contribution in [0.15, 0.2) is 48.5 Å². The Morgan fingerprint density at radius 2 is 1.61 bits per heavy atom. The van der Waals surface area contributed by atoms with Crippen LogP contribution in [-0.2, 0) is 19.5 Å². The number of benzene rings is 2. The second kappa shape index (κ2) is 9.55. The molecule has 1 unspecified atom stereocenters. The van der Waals surface area contributed by atoms with Gasteiger partial charge in [0.25, 0.3) is 0 Å². The van der Waals surface area contributed by atoms with Gasteiger partial charge in [-0.2, -0.15) is 0 Å². The Kier molecular flexibility index (Phi) is 7.17. The number of hydrogen-bond donors (Lipinski definition) is 0. The molecule has 3 rings (SSSR count). The van der Waals surface area contributed by atoms with E-state index in [0.29, 0.717) is 21.9 Å². The van der Waals surface area contributed by atoms with E-state index in [1.54, 1.807) is 53.7 Å². The van der Waals surface area contributed by atoms with Crippen molar-refractivity contribution in [3.63, 3.8) is 0 Å². The van der Waals surface area contributed by atoms with E-state index in [0.717, 1.165) is 5.56 Å². The highest BCUT2D eigenvalue weighted by molar-refractivity contribution is 9.08. The fourth-order valence-electron chi connectivity index (χ4n) is 3.17. The molecule has 0 spiro atoms. The number of rotatable bonds is 4. The third-order valence-corrected chi connectivity index (χ3v) is 5.06. The first kappa shape index (κ1) is 24.8. The molecule has 176 valence electrons. The van der Waals surface area contributed by atoms with Crippen LogP contribution >= 0.6 is 15.9 Å². The predicted molar refractivity (Wildman–Crippen MR) is 130 cm³/mol. The third-order valence-electron chi connectivity index (χ3n) is 4.42. The zero-order valence-electron chi connectivity index (χ0n) is 19.7. The van der Waals surface area contributed by atoms with Crippen LogP contribution in [0.25, 0.3) is 11.0 Å². The normalized spacial score (nSPS) is 12.9. The number of fused-ring (bicyclic) bond motifs is 1. The molecule has 1 aromatic heterocycles. The quantitative estimate of drug-likeness (QED) is 0.281. The standard InChI is InChI=1S/C25H29BrN2O5/c1-24(2,3)32-22(29)28-19-13-12-16(15-26)14-18(19)27-21(28)20(17-10-8-7-9-11-17)31-23(30)33-25(4,5)6/h7-14,20H,15H2,1-6H3. The fourth-order valence-corrected chi connectivity index (χ4v) is 3.52. The van der Waals surface area contributed by atoms with Gasteiger partial charge in [0.2, 0.25) is 0 Å². The molecule has 0 aliphatic carbocycles. The van der Waals surface area contributed by atoms with Crippen molar-refractivity contribution in [3.05, 3.63) is 65.5 Å². The molecule has 0 fully saturated rings. The van der Waals surface area contributed by atoms with E-state index < -0.39 is 29.6 Å². The van der Waals surface area contributed by atoms with Gasteiger partial charge in [-0.1, -0.05) is 52.3 Å². The smallest absolute Gasteiger partial charge is 0.443 e. The molecule has 0 saturated carbocycles. The number of halogens is 1. The molecule has 1 heterocycles. The molecule has 0 amide bonds. The van der Waals surface area contributed by atoms with Crippen molar-refractivity contribution in [3.8, 4) is 0 Å². The monoisotopic (exact) mass is 516 g/mol. The molecule has 33 heavy (non-hydrogen) atoms. The Labute approximate surface area is 202 Å². The Balaban J connectivity index is 2.19. The van der Waals surface area contributed by atoms with Gasteiger partial charge in [-0.25, -0.2) is 19.1 Å². The molecular weight excluding hydrogens is 488 g/mol. The maximum atomic E-state index is 13.3. The maximum Gasteiger partial charge on any atom is 0.509 e. The zero-order valence-corrected chi connectivity index (χ0v) is 21.3. The molecule has 1 atom stereocenters. The minimum atomic E-state index is -0.992. The minimum absolute atomic E-state index is 0.225. The first-order chi connectivity index (χ1) is 15.4. The lowest BCUT2D eigenvalue weighted by atomic mass is 10.1. The lowest BCUT2D eigenvalue weighted by Gasteiger charge is -2.24. The third kappa shape index (κ3) is 6.35. The van der Waals surface area contributed by atoms with Crippen LogP contribution in [-0.4, -0.2) is 33.0 Å². The zero-order chi connectivity index (χ0) is 24.4. The maximum absolute atomic E-state index is 13.3. The van der Waals surface area contributed by atoms with Crippen molar-refractivity contribution in [2.24, 2.45) is 0 Å². The second-order valence-electron chi connectivity index (χ2n) is 9.62. The number of carbonyl (C=O) groups is 2. The molecule has 2 aromatic carbocycles. The number of ether oxygens (including phenoxy) is 3. The van der Waals surface area contributed by atoms with Gasteiger partial charge < -0.3 is 14.2 Å². The molecule has 0 radical (unpaired) electrons. The van der Waals surface area contributed by atoms with Gasteiger partial charge in [-0.3, -0.25) is 0 Å². The molecule has 3 aromatic rings. The molecule has 0 bridgehead atoms. The summed E-state index contributed by atoms with van der Waals surface area (Å²) >= 11 is 3.45. The summed E-state index contributed by atoms with van der Waals surface area (Å²) in [4.78, 5) is 30.6. The van der Waals surface area contributed by atoms with Crippen LogP contribution in [0.3, 0.4) is 0 Å². The average molecular weight is 517 g/mol. The summed E-state index contributed by atoms with van der Waals surface area (Å²) < 4.78 is 18.2. The lowest BCUT2D eigenvalue weighted by molar-refractivity contribution is -0.0223. The van der Waals surface area contributed by atoms with Gasteiger partial charge in [0.1, 0.15) is 11.2 Å². The summed E-state index contributed by atoms with van der Waals surface area (Å²) in [5.41, 5.74) is 1.30. The van der Waals surface area contributed by atoms with Crippen molar-refractivity contribution in [1.29, 1.82) is 0 Å². The summed E-state index contributed by atoms with van der Waals surface area (Å²) in [7, 11) is 0. The van der Waals surface area contributed by atoms with Crippen LogP contribution in [0.5, 0.6) is 0 Å². The van der Waals surface area contributed by atoms with Gasteiger partial charge in [-0.05, 0) is 59.2 Å². The Morgan fingerprint density at radius 3 is 2.18 bits per heavy atom. The molecule has 0 N–H and O–H groups in total. The van der Waals surface area contributed by atoms with E-state index in [2.05, 4.69) is 15.9 Å². The fraction of sp³-hybridized carbons (Fsp3) is 0.400. The first-order valence-electron chi connectivity index (χ1n) is 10.6. The SMILES string of the molecule is CC(C)(C)OC(=O)OC(c1ccccc1)c1nc2cc(CBr)ccc2n1C(=O)OC(C)(C)C. The van der Waals surface area contributed by atoms with Crippen molar-refractivity contribution in [2.45, 2.75) is 64.2 Å². The van der Waals surface area contributed by atoms with Crippen LogP contribution in [0.4, 0.5) is 9.59 Å². The Hall–Kier alpha value is -2.87. The topological polar surface area (TPSA) is 79.7 Å². The molecule has 0 aliphatic rings. The van der Waals surface area contributed by atoms with Crippen molar-refractivity contribution < 1.29 is 23.8 Å². The second-order valence-corrected chi connectivity index (χ2v) is 10.2. The van der Waals surface area contributed by atoms with Crippen LogP contribution in [0.1, 0.15) is 64.6 Å². The first-order valence-corrected chi connectivity index (χ1v) is 11.8. The highest BCUT2D eigenvalue weighted by Gasteiger charge is 2.32. The highest BCUT2D eigenvalue weighted by atomic mass is 79.9. The van der Waals surface area contributed by atoms with Gasteiger partial charge in [0.15, 0.2) is 11.9 Å². The summed E-state index contributed by atoms with van der Waals surface area (Å²) in [6, 6.07) is 14.7. The number of carbonyl (C=O) groups excluding carboxylic acids is 2.